The average molecular weight is 248 g/mol. The van der Waals surface area contributed by atoms with Gasteiger partial charge in [-0.2, -0.15) is 10.2 Å². The van der Waals surface area contributed by atoms with Gasteiger partial charge in [-0.05, 0) is 6.92 Å². The molecule has 2 amide bonds. The maximum absolute atomic E-state index is 11.8. The SMILES string of the molecule is Cc1[nH]ncc1C(=O)Nc1cnn(CC(N)=O)c1. The second kappa shape index (κ2) is 4.70. The van der Waals surface area contributed by atoms with Gasteiger partial charge in [-0.1, -0.05) is 0 Å². The van der Waals surface area contributed by atoms with Gasteiger partial charge in [0.1, 0.15) is 6.54 Å². The normalized spacial score (nSPS) is 10.3. The van der Waals surface area contributed by atoms with Crippen LogP contribution in [0.5, 0.6) is 0 Å². The van der Waals surface area contributed by atoms with Crippen LogP contribution in [0.15, 0.2) is 18.6 Å². The van der Waals surface area contributed by atoms with Crippen molar-refractivity contribution in [3.05, 3.63) is 29.8 Å². The maximum Gasteiger partial charge on any atom is 0.259 e. The molecule has 94 valence electrons. The van der Waals surface area contributed by atoms with Crippen LogP contribution in [0.2, 0.25) is 0 Å². The average Bonchev–Trinajstić information content (AvgIpc) is 2.87. The molecule has 0 aromatic carbocycles. The highest BCUT2D eigenvalue weighted by Crippen LogP contribution is 2.09. The summed E-state index contributed by atoms with van der Waals surface area (Å²) in [7, 11) is 0. The minimum atomic E-state index is -0.498. The number of primary amides is 1. The molecule has 0 spiro atoms. The Labute approximate surface area is 102 Å². The fraction of sp³-hybridized carbons (Fsp3) is 0.200. The summed E-state index contributed by atoms with van der Waals surface area (Å²) in [5, 5.41) is 13.0. The zero-order valence-corrected chi connectivity index (χ0v) is 9.67. The number of nitrogens with one attached hydrogen (secondary N) is 2. The molecule has 0 atom stereocenters. The molecule has 8 heteroatoms. The van der Waals surface area contributed by atoms with Gasteiger partial charge in [0.2, 0.25) is 5.91 Å². The smallest absolute Gasteiger partial charge is 0.259 e. The van der Waals surface area contributed by atoms with Gasteiger partial charge in [-0.15, -0.1) is 0 Å². The van der Waals surface area contributed by atoms with E-state index in [0.717, 1.165) is 0 Å². The standard InChI is InChI=1S/C10H12N6O2/c1-6-8(3-12-15-6)10(18)14-7-2-13-16(4-7)5-9(11)17/h2-4H,5H2,1H3,(H2,11,17)(H,12,15)(H,14,18). The van der Waals surface area contributed by atoms with Gasteiger partial charge in [0, 0.05) is 11.9 Å². The molecule has 2 rings (SSSR count). The number of nitrogens with two attached hydrogens (primary N) is 1. The number of carbonyl (C=O) groups is 2. The Balaban J connectivity index is 2.06. The number of aryl methyl sites for hydroxylation is 1. The van der Waals surface area contributed by atoms with Crippen molar-refractivity contribution in [1.29, 1.82) is 0 Å². The van der Waals surface area contributed by atoms with Crippen molar-refractivity contribution in [2.45, 2.75) is 13.5 Å². The van der Waals surface area contributed by atoms with E-state index >= 15 is 0 Å². The predicted octanol–water partition coefficient (Wildman–Crippen LogP) is -0.348. The molecule has 0 radical (unpaired) electrons. The summed E-state index contributed by atoms with van der Waals surface area (Å²) in [5.74, 6) is -0.790. The summed E-state index contributed by atoms with van der Waals surface area (Å²) >= 11 is 0. The van der Waals surface area contributed by atoms with Crippen LogP contribution >= 0.6 is 0 Å². The molecule has 0 saturated heterocycles. The van der Waals surface area contributed by atoms with Gasteiger partial charge in [-0.25, -0.2) is 0 Å². The molecule has 0 aliphatic rings. The number of amides is 2. The van der Waals surface area contributed by atoms with Crippen LogP contribution in [-0.2, 0) is 11.3 Å². The van der Waals surface area contributed by atoms with Gasteiger partial charge in [0.05, 0.1) is 23.6 Å². The van der Waals surface area contributed by atoms with Gasteiger partial charge >= 0.3 is 0 Å². The zero-order chi connectivity index (χ0) is 13.1. The number of H-pyrrole nitrogens is 1. The van der Waals surface area contributed by atoms with E-state index in [9.17, 15) is 9.59 Å². The lowest BCUT2D eigenvalue weighted by molar-refractivity contribution is -0.118. The lowest BCUT2D eigenvalue weighted by atomic mass is 10.2. The Bertz CT molecular complexity index is 585. The van der Waals surface area contributed by atoms with E-state index in [0.29, 0.717) is 16.9 Å². The van der Waals surface area contributed by atoms with Crippen molar-refractivity contribution in [1.82, 2.24) is 20.0 Å². The second-order valence-corrected chi connectivity index (χ2v) is 3.76. The van der Waals surface area contributed by atoms with Gasteiger partial charge < -0.3 is 11.1 Å². The molecule has 8 nitrogen and oxygen atoms in total. The molecule has 18 heavy (non-hydrogen) atoms. The Morgan fingerprint density at radius 1 is 1.50 bits per heavy atom. The lowest BCUT2D eigenvalue weighted by Crippen LogP contribution is -2.18. The van der Waals surface area contributed by atoms with Crippen LogP contribution in [0.4, 0.5) is 5.69 Å². The third-order valence-corrected chi connectivity index (χ3v) is 2.28. The first kappa shape index (κ1) is 11.8. The fourth-order valence-electron chi connectivity index (χ4n) is 1.45. The highest BCUT2D eigenvalue weighted by Gasteiger charge is 2.12. The molecule has 2 heterocycles. The number of nitrogens with zero attached hydrogens (tertiary/aromatic N) is 3. The van der Waals surface area contributed by atoms with E-state index in [4.69, 9.17) is 5.73 Å². The first-order chi connectivity index (χ1) is 8.56. The van der Waals surface area contributed by atoms with E-state index in [1.165, 1.54) is 23.3 Å². The van der Waals surface area contributed by atoms with Crippen LogP contribution in [0.1, 0.15) is 16.1 Å². The number of aromatic nitrogens is 4. The Hall–Kier alpha value is -2.64. The zero-order valence-electron chi connectivity index (χ0n) is 9.67. The summed E-state index contributed by atoms with van der Waals surface area (Å²) in [6, 6.07) is 0. The van der Waals surface area contributed by atoms with Crippen molar-refractivity contribution in [3.8, 4) is 0 Å². The van der Waals surface area contributed by atoms with Gasteiger partial charge in [0.25, 0.3) is 5.91 Å². The minimum Gasteiger partial charge on any atom is -0.368 e. The first-order valence-corrected chi connectivity index (χ1v) is 5.18. The number of hydrogen-bond acceptors (Lipinski definition) is 4. The minimum absolute atomic E-state index is 0.0272. The molecular formula is C10H12N6O2. The Morgan fingerprint density at radius 2 is 2.28 bits per heavy atom. The summed E-state index contributed by atoms with van der Waals surface area (Å²) in [4.78, 5) is 22.5. The topological polar surface area (TPSA) is 119 Å². The quantitative estimate of drug-likeness (QED) is 0.685. The predicted molar refractivity (Wildman–Crippen MR) is 62.7 cm³/mol. The van der Waals surface area contributed by atoms with Crippen LogP contribution in [0, 0.1) is 6.92 Å². The van der Waals surface area contributed by atoms with Crippen LogP contribution < -0.4 is 11.1 Å². The summed E-state index contributed by atoms with van der Waals surface area (Å²) in [5.41, 5.74) is 6.65. The molecule has 0 saturated carbocycles. The monoisotopic (exact) mass is 248 g/mol. The number of rotatable bonds is 4. The molecule has 0 unspecified atom stereocenters. The second-order valence-electron chi connectivity index (χ2n) is 3.76. The summed E-state index contributed by atoms with van der Waals surface area (Å²) < 4.78 is 1.35. The molecule has 0 aliphatic carbocycles. The Morgan fingerprint density at radius 3 is 2.89 bits per heavy atom. The summed E-state index contributed by atoms with van der Waals surface area (Å²) in [6.45, 7) is 1.72. The van der Waals surface area contributed by atoms with Crippen molar-refractivity contribution in [3.63, 3.8) is 0 Å². The largest absolute Gasteiger partial charge is 0.368 e. The van der Waals surface area contributed by atoms with E-state index in [-0.39, 0.29) is 12.5 Å². The molecule has 0 bridgehead atoms. The Kier molecular flexibility index (Phi) is 3.09. The van der Waals surface area contributed by atoms with Gasteiger partial charge in [0.15, 0.2) is 0 Å². The molecule has 0 fully saturated rings. The van der Waals surface area contributed by atoms with E-state index in [1.807, 2.05) is 0 Å². The van der Waals surface area contributed by atoms with Crippen LogP contribution in [-0.4, -0.2) is 31.8 Å². The van der Waals surface area contributed by atoms with E-state index in [1.54, 1.807) is 6.92 Å². The number of carbonyl (C=O) groups excluding carboxylic acids is 2. The van der Waals surface area contributed by atoms with Crippen molar-refractivity contribution in [2.75, 3.05) is 5.32 Å². The van der Waals surface area contributed by atoms with Crippen molar-refractivity contribution < 1.29 is 9.59 Å². The number of hydrogen-bond donors (Lipinski definition) is 3. The molecule has 2 aromatic rings. The molecule has 4 N–H and O–H groups in total. The first-order valence-electron chi connectivity index (χ1n) is 5.18. The van der Waals surface area contributed by atoms with E-state index < -0.39 is 5.91 Å². The molecule has 0 aliphatic heterocycles. The van der Waals surface area contributed by atoms with Crippen molar-refractivity contribution in [2.24, 2.45) is 5.73 Å². The van der Waals surface area contributed by atoms with E-state index in [2.05, 4.69) is 20.6 Å². The third-order valence-electron chi connectivity index (χ3n) is 2.28. The molecule has 2 aromatic heterocycles. The molecular weight excluding hydrogens is 236 g/mol. The summed E-state index contributed by atoms with van der Waals surface area (Å²) in [6.07, 6.45) is 4.41. The van der Waals surface area contributed by atoms with Gasteiger partial charge in [-0.3, -0.25) is 19.4 Å². The highest BCUT2D eigenvalue weighted by atomic mass is 16.2. The van der Waals surface area contributed by atoms with Crippen LogP contribution in [0.3, 0.4) is 0 Å². The maximum atomic E-state index is 11.8. The highest BCUT2D eigenvalue weighted by molar-refractivity contribution is 6.04. The lowest BCUT2D eigenvalue weighted by Gasteiger charge is -2.00. The third kappa shape index (κ3) is 2.54. The number of aromatic amines is 1. The van der Waals surface area contributed by atoms with Crippen LogP contribution in [0.25, 0.3) is 0 Å². The fourth-order valence-corrected chi connectivity index (χ4v) is 1.45. The van der Waals surface area contributed by atoms with Crippen molar-refractivity contribution >= 4 is 17.5 Å². The number of anilines is 1.